The van der Waals surface area contributed by atoms with Gasteiger partial charge in [0, 0.05) is 5.69 Å². The number of hydrogen-bond donors (Lipinski definition) is 3. The summed E-state index contributed by atoms with van der Waals surface area (Å²) >= 11 is 0. The first-order chi connectivity index (χ1) is 9.71. The molecule has 1 aromatic rings. The molecule has 1 fully saturated rings. The highest BCUT2D eigenvalue weighted by Gasteiger charge is 2.66. The molecule has 2 rings (SSSR count). The van der Waals surface area contributed by atoms with E-state index in [0.717, 1.165) is 0 Å². The lowest BCUT2D eigenvalue weighted by molar-refractivity contribution is -0.140. The minimum Gasteiger partial charge on any atom is -0.481 e. The van der Waals surface area contributed by atoms with Crippen molar-refractivity contribution in [3.63, 3.8) is 0 Å². The van der Waals surface area contributed by atoms with Gasteiger partial charge in [0.25, 0.3) is 0 Å². The van der Waals surface area contributed by atoms with Crippen molar-refractivity contribution < 1.29 is 24.2 Å². The van der Waals surface area contributed by atoms with Gasteiger partial charge in [-0.15, -0.1) is 0 Å². The van der Waals surface area contributed by atoms with E-state index in [-0.39, 0.29) is 11.4 Å². The average molecular weight is 295 g/mol. The zero-order valence-corrected chi connectivity index (χ0v) is 12.2. The summed E-state index contributed by atoms with van der Waals surface area (Å²) in [6.07, 6.45) is 0. The van der Waals surface area contributed by atoms with E-state index in [1.165, 1.54) is 7.11 Å². The molecular weight excluding hydrogens is 278 g/mol. The number of carboxylic acids is 1. The number of aliphatic carboxylic acids is 1. The van der Waals surface area contributed by atoms with Crippen LogP contribution in [0.25, 0.3) is 0 Å². The highest BCUT2D eigenvalue weighted by atomic mass is 16.5. The van der Waals surface area contributed by atoms with Gasteiger partial charge in [0.05, 0.1) is 18.9 Å². The van der Waals surface area contributed by atoms with Crippen LogP contribution in [0, 0.1) is 24.2 Å². The van der Waals surface area contributed by atoms with Gasteiger partial charge >= 0.3 is 11.9 Å². The van der Waals surface area contributed by atoms with Gasteiger partial charge in [-0.3, -0.25) is 14.7 Å². The Morgan fingerprint density at radius 2 is 1.95 bits per heavy atom. The molecule has 1 heterocycles. The standard InChI is InChI=1S/C13H17N3O5/c1-5-6(12(20)21-4)9(16-15-5)14-10(17)7-8(11(18)19)13(7,2)3/h7-8H,1-4H3,(H,18,19)(H2,14,15,16,17)/t7-,8+/m0/s1. The number of nitrogens with one attached hydrogen (secondary N) is 2. The highest BCUT2D eigenvalue weighted by molar-refractivity contribution is 6.04. The molecule has 0 aromatic carbocycles. The lowest BCUT2D eigenvalue weighted by Gasteiger charge is -2.05. The van der Waals surface area contributed by atoms with E-state index < -0.39 is 35.1 Å². The number of esters is 1. The maximum atomic E-state index is 12.2. The van der Waals surface area contributed by atoms with Crippen LogP contribution in [0.3, 0.4) is 0 Å². The Kier molecular flexibility index (Phi) is 3.48. The fourth-order valence-corrected chi connectivity index (χ4v) is 2.65. The predicted molar refractivity (Wildman–Crippen MR) is 71.7 cm³/mol. The first-order valence-electron chi connectivity index (χ1n) is 6.38. The number of aromatic amines is 1. The summed E-state index contributed by atoms with van der Waals surface area (Å²) in [5, 5.41) is 18.0. The van der Waals surface area contributed by atoms with E-state index in [0.29, 0.717) is 5.69 Å². The fourth-order valence-electron chi connectivity index (χ4n) is 2.65. The number of H-pyrrole nitrogens is 1. The molecule has 21 heavy (non-hydrogen) atoms. The van der Waals surface area contributed by atoms with Crippen molar-refractivity contribution in [1.29, 1.82) is 0 Å². The van der Waals surface area contributed by atoms with Crippen molar-refractivity contribution in [2.24, 2.45) is 17.3 Å². The smallest absolute Gasteiger partial charge is 0.343 e. The third kappa shape index (κ3) is 2.37. The molecule has 0 spiro atoms. The number of methoxy groups -OCH3 is 1. The molecule has 1 aromatic heterocycles. The number of hydrogen-bond acceptors (Lipinski definition) is 5. The van der Waals surface area contributed by atoms with Gasteiger partial charge < -0.3 is 15.2 Å². The van der Waals surface area contributed by atoms with Gasteiger partial charge in [-0.2, -0.15) is 5.10 Å². The molecule has 1 amide bonds. The van der Waals surface area contributed by atoms with Gasteiger partial charge in [-0.05, 0) is 12.3 Å². The van der Waals surface area contributed by atoms with Crippen LogP contribution in [-0.2, 0) is 14.3 Å². The maximum Gasteiger partial charge on any atom is 0.343 e. The average Bonchev–Trinajstić information content (AvgIpc) is 2.81. The largest absolute Gasteiger partial charge is 0.481 e. The second kappa shape index (κ2) is 4.87. The van der Waals surface area contributed by atoms with Crippen LogP contribution in [0.5, 0.6) is 0 Å². The Balaban J connectivity index is 2.19. The number of carbonyl (C=O) groups excluding carboxylic acids is 2. The van der Waals surface area contributed by atoms with E-state index in [4.69, 9.17) is 5.11 Å². The molecule has 0 bridgehead atoms. The number of carboxylic acid groups (broad SMARTS) is 1. The SMILES string of the molecule is COC(=O)c1c(NC(=O)[C@@H]2[C@H](C(=O)O)C2(C)C)n[nH]c1C. The molecule has 8 nitrogen and oxygen atoms in total. The number of aryl methyl sites for hydroxylation is 1. The molecule has 0 saturated heterocycles. The first-order valence-corrected chi connectivity index (χ1v) is 6.38. The molecule has 1 saturated carbocycles. The van der Waals surface area contributed by atoms with Crippen LogP contribution in [0.1, 0.15) is 29.9 Å². The van der Waals surface area contributed by atoms with Crippen LogP contribution >= 0.6 is 0 Å². The number of amides is 1. The number of rotatable bonds is 4. The topological polar surface area (TPSA) is 121 Å². The summed E-state index contributed by atoms with van der Waals surface area (Å²) in [6, 6.07) is 0. The minimum atomic E-state index is -1.01. The Labute approximate surface area is 120 Å². The molecular formula is C13H17N3O5. The molecule has 0 aliphatic heterocycles. The quantitative estimate of drug-likeness (QED) is 0.706. The zero-order valence-electron chi connectivity index (χ0n) is 12.2. The molecule has 3 N–H and O–H groups in total. The second-order valence-electron chi connectivity index (χ2n) is 5.67. The van der Waals surface area contributed by atoms with E-state index >= 15 is 0 Å². The van der Waals surface area contributed by atoms with Gasteiger partial charge in [0.15, 0.2) is 5.82 Å². The molecule has 1 aliphatic carbocycles. The Morgan fingerprint density at radius 1 is 1.33 bits per heavy atom. The minimum absolute atomic E-state index is 0.0520. The van der Waals surface area contributed by atoms with Crippen LogP contribution in [-0.4, -0.2) is 40.3 Å². The number of anilines is 1. The Hall–Kier alpha value is -2.38. The van der Waals surface area contributed by atoms with Crippen molar-refractivity contribution in [3.05, 3.63) is 11.3 Å². The third-order valence-electron chi connectivity index (χ3n) is 3.95. The van der Waals surface area contributed by atoms with Gasteiger partial charge in [0.1, 0.15) is 5.56 Å². The van der Waals surface area contributed by atoms with E-state index in [2.05, 4.69) is 20.3 Å². The summed E-state index contributed by atoms with van der Waals surface area (Å²) in [6.45, 7) is 5.05. The third-order valence-corrected chi connectivity index (χ3v) is 3.95. The molecule has 1 aliphatic rings. The summed E-state index contributed by atoms with van der Waals surface area (Å²) in [4.78, 5) is 34.9. The summed E-state index contributed by atoms with van der Waals surface area (Å²) in [7, 11) is 1.23. The van der Waals surface area contributed by atoms with Crippen LogP contribution in [0.15, 0.2) is 0 Å². The lowest BCUT2D eigenvalue weighted by Crippen LogP contribution is -2.20. The van der Waals surface area contributed by atoms with Crippen molar-refractivity contribution in [2.45, 2.75) is 20.8 Å². The zero-order chi connectivity index (χ0) is 15.9. The van der Waals surface area contributed by atoms with E-state index in [1.807, 2.05) is 0 Å². The van der Waals surface area contributed by atoms with Gasteiger partial charge in [-0.25, -0.2) is 4.79 Å². The second-order valence-corrected chi connectivity index (χ2v) is 5.67. The molecule has 0 radical (unpaired) electrons. The molecule has 8 heteroatoms. The Morgan fingerprint density at radius 3 is 2.43 bits per heavy atom. The number of ether oxygens (including phenoxy) is 1. The van der Waals surface area contributed by atoms with Crippen molar-refractivity contribution in [1.82, 2.24) is 10.2 Å². The first kappa shape index (κ1) is 15.0. The van der Waals surface area contributed by atoms with Crippen LogP contribution in [0.2, 0.25) is 0 Å². The van der Waals surface area contributed by atoms with Crippen LogP contribution < -0.4 is 5.32 Å². The van der Waals surface area contributed by atoms with E-state index in [9.17, 15) is 14.4 Å². The van der Waals surface area contributed by atoms with Gasteiger partial charge in [-0.1, -0.05) is 13.8 Å². The summed E-state index contributed by atoms with van der Waals surface area (Å²) in [5.41, 5.74) is -0.0228. The molecule has 2 atom stereocenters. The number of carbonyl (C=O) groups is 3. The molecule has 114 valence electrons. The van der Waals surface area contributed by atoms with Gasteiger partial charge in [0.2, 0.25) is 5.91 Å². The maximum absolute atomic E-state index is 12.2. The highest BCUT2D eigenvalue weighted by Crippen LogP contribution is 2.58. The summed E-state index contributed by atoms with van der Waals surface area (Å²) < 4.78 is 4.63. The lowest BCUT2D eigenvalue weighted by atomic mass is 10.1. The van der Waals surface area contributed by atoms with Crippen molar-refractivity contribution in [3.8, 4) is 0 Å². The van der Waals surface area contributed by atoms with Crippen LogP contribution in [0.4, 0.5) is 5.82 Å². The predicted octanol–water partition coefficient (Wildman–Crippen LogP) is 0.800. The number of nitrogens with zero attached hydrogens (tertiary/aromatic N) is 1. The summed E-state index contributed by atoms with van der Waals surface area (Å²) in [5.74, 6) is -3.44. The van der Waals surface area contributed by atoms with Crippen molar-refractivity contribution >= 4 is 23.7 Å². The Bertz CT molecular complexity index is 619. The number of aromatic nitrogens is 2. The fraction of sp³-hybridized carbons (Fsp3) is 0.538. The normalized spacial score (nSPS) is 22.5. The monoisotopic (exact) mass is 295 g/mol. The van der Waals surface area contributed by atoms with E-state index in [1.54, 1.807) is 20.8 Å². The van der Waals surface area contributed by atoms with Crippen molar-refractivity contribution in [2.75, 3.05) is 12.4 Å². The molecule has 0 unspecified atom stereocenters.